The van der Waals surface area contributed by atoms with Crippen LogP contribution < -0.4 is 0 Å². The third-order valence-corrected chi connectivity index (χ3v) is 4.41. The summed E-state index contributed by atoms with van der Waals surface area (Å²) in [4.78, 5) is 14.3. The zero-order valence-corrected chi connectivity index (χ0v) is 13.4. The quantitative estimate of drug-likeness (QED) is 0.753. The van der Waals surface area contributed by atoms with E-state index in [0.717, 1.165) is 4.90 Å². The lowest BCUT2D eigenvalue weighted by molar-refractivity contribution is -0.127. The minimum atomic E-state index is -0.432. The van der Waals surface area contributed by atoms with E-state index in [-0.39, 0.29) is 24.0 Å². The van der Waals surface area contributed by atoms with E-state index in [9.17, 15) is 13.6 Å². The molecule has 2 nitrogen and oxygen atoms in total. The topological polar surface area (TPSA) is 20.3 Å². The molecule has 2 aromatic rings. The monoisotopic (exact) mass is 341 g/mol. The average molecular weight is 342 g/mol. The van der Waals surface area contributed by atoms with Crippen LogP contribution in [-0.2, 0) is 11.3 Å². The summed E-state index contributed by atoms with van der Waals surface area (Å²) in [5, 5.41) is 0.297. The molecule has 0 N–H and O–H groups in total. The number of rotatable bonds is 5. The lowest BCUT2D eigenvalue weighted by Crippen LogP contribution is -2.28. The molecule has 2 rings (SSSR count). The molecule has 116 valence electrons. The van der Waals surface area contributed by atoms with Gasteiger partial charge < -0.3 is 4.90 Å². The van der Waals surface area contributed by atoms with Crippen LogP contribution in [0.25, 0.3) is 0 Å². The van der Waals surface area contributed by atoms with E-state index in [0.29, 0.717) is 10.6 Å². The van der Waals surface area contributed by atoms with E-state index >= 15 is 0 Å². The maximum absolute atomic E-state index is 13.7. The van der Waals surface area contributed by atoms with Crippen molar-refractivity contribution in [1.29, 1.82) is 0 Å². The first-order chi connectivity index (χ1) is 10.5. The van der Waals surface area contributed by atoms with E-state index in [1.807, 2.05) is 0 Å². The molecule has 0 aromatic heterocycles. The highest BCUT2D eigenvalue weighted by Gasteiger charge is 2.14. The van der Waals surface area contributed by atoms with Crippen molar-refractivity contribution in [2.24, 2.45) is 0 Å². The highest BCUT2D eigenvalue weighted by molar-refractivity contribution is 8.00. The highest BCUT2D eigenvalue weighted by atomic mass is 35.5. The van der Waals surface area contributed by atoms with Crippen molar-refractivity contribution in [1.82, 2.24) is 4.90 Å². The average Bonchev–Trinajstić information content (AvgIpc) is 2.50. The summed E-state index contributed by atoms with van der Waals surface area (Å²) >= 11 is 7.25. The maximum atomic E-state index is 13.7. The second-order valence-corrected chi connectivity index (χ2v) is 6.15. The fraction of sp³-hybridized carbons (Fsp3) is 0.188. The number of carbonyl (C=O) groups is 1. The van der Waals surface area contributed by atoms with E-state index in [1.54, 1.807) is 25.2 Å². The third kappa shape index (κ3) is 4.45. The highest BCUT2D eigenvalue weighted by Crippen LogP contribution is 2.22. The molecule has 0 bridgehead atoms. The van der Waals surface area contributed by atoms with Gasteiger partial charge in [-0.2, -0.15) is 0 Å². The predicted molar refractivity (Wildman–Crippen MR) is 85.0 cm³/mol. The first-order valence-corrected chi connectivity index (χ1v) is 7.89. The number of hydrogen-bond donors (Lipinski definition) is 0. The Kier molecular flexibility index (Phi) is 5.80. The van der Waals surface area contributed by atoms with Gasteiger partial charge in [0.05, 0.1) is 5.75 Å². The van der Waals surface area contributed by atoms with E-state index in [1.165, 1.54) is 40.9 Å². The van der Waals surface area contributed by atoms with Crippen molar-refractivity contribution >= 4 is 29.3 Å². The van der Waals surface area contributed by atoms with Gasteiger partial charge in [-0.05, 0) is 36.4 Å². The summed E-state index contributed by atoms with van der Waals surface area (Å²) in [7, 11) is 1.59. The van der Waals surface area contributed by atoms with Gasteiger partial charge in [-0.15, -0.1) is 11.8 Å². The number of thioether (sulfide) groups is 1. The molecule has 1 amide bonds. The number of carbonyl (C=O) groups excluding carboxylic acids is 1. The summed E-state index contributed by atoms with van der Waals surface area (Å²) in [6.07, 6.45) is 0. The SMILES string of the molecule is CN(Cc1c(F)cccc1Cl)C(=O)CSc1ccc(F)cc1. The number of amides is 1. The molecule has 0 heterocycles. The lowest BCUT2D eigenvalue weighted by atomic mass is 10.2. The van der Waals surface area contributed by atoms with E-state index in [2.05, 4.69) is 0 Å². The van der Waals surface area contributed by atoms with Crippen LogP contribution in [0.15, 0.2) is 47.4 Å². The van der Waals surface area contributed by atoms with Crippen molar-refractivity contribution in [3.05, 3.63) is 64.7 Å². The standard InChI is InChI=1S/C16H14ClF2NOS/c1-20(9-13-14(17)3-2-4-15(13)19)16(21)10-22-12-7-5-11(18)6-8-12/h2-8H,9-10H2,1H3. The van der Waals surface area contributed by atoms with Crippen LogP contribution in [0.3, 0.4) is 0 Å². The summed E-state index contributed by atoms with van der Waals surface area (Å²) in [6.45, 7) is 0.105. The Labute approximate surface area is 137 Å². The number of hydrogen-bond acceptors (Lipinski definition) is 2. The first-order valence-electron chi connectivity index (χ1n) is 6.52. The minimum Gasteiger partial charge on any atom is -0.341 e. The summed E-state index contributed by atoms with van der Waals surface area (Å²) in [5.74, 6) is -0.720. The van der Waals surface area contributed by atoms with Crippen molar-refractivity contribution < 1.29 is 13.6 Å². The molecule has 0 atom stereocenters. The van der Waals surface area contributed by atoms with Gasteiger partial charge in [-0.3, -0.25) is 4.79 Å². The lowest BCUT2D eigenvalue weighted by Gasteiger charge is -2.18. The summed E-state index contributed by atoms with van der Waals surface area (Å²) in [6, 6.07) is 10.3. The molecule has 2 aromatic carbocycles. The molecule has 6 heteroatoms. The predicted octanol–water partition coefficient (Wildman–Crippen LogP) is 4.37. The van der Waals surface area contributed by atoms with Gasteiger partial charge in [-0.1, -0.05) is 17.7 Å². The minimum absolute atomic E-state index is 0.105. The fourth-order valence-corrected chi connectivity index (χ4v) is 2.86. The molecule has 0 saturated carbocycles. The van der Waals surface area contributed by atoms with Gasteiger partial charge >= 0.3 is 0 Å². The van der Waals surface area contributed by atoms with Crippen LogP contribution in [0, 0.1) is 11.6 Å². The molecule has 0 radical (unpaired) electrons. The van der Waals surface area contributed by atoms with E-state index in [4.69, 9.17) is 11.6 Å². The number of nitrogens with zero attached hydrogens (tertiary/aromatic N) is 1. The van der Waals surface area contributed by atoms with Gasteiger partial charge in [0, 0.05) is 29.1 Å². The van der Waals surface area contributed by atoms with Crippen LogP contribution in [0.5, 0.6) is 0 Å². The first kappa shape index (κ1) is 16.8. The summed E-state index contributed by atoms with van der Waals surface area (Å²) in [5.41, 5.74) is 0.298. The Morgan fingerprint density at radius 1 is 1.18 bits per heavy atom. The van der Waals surface area contributed by atoms with Gasteiger partial charge in [-0.25, -0.2) is 8.78 Å². The zero-order valence-electron chi connectivity index (χ0n) is 11.9. The van der Waals surface area contributed by atoms with Crippen molar-refractivity contribution in [2.45, 2.75) is 11.4 Å². The van der Waals surface area contributed by atoms with Crippen LogP contribution in [-0.4, -0.2) is 23.6 Å². The van der Waals surface area contributed by atoms with Crippen LogP contribution in [0.4, 0.5) is 8.78 Å². The van der Waals surface area contributed by atoms with Crippen molar-refractivity contribution in [3.8, 4) is 0 Å². The van der Waals surface area contributed by atoms with Gasteiger partial charge in [0.15, 0.2) is 0 Å². The molecule has 0 aliphatic heterocycles. The number of benzene rings is 2. The molecule has 0 unspecified atom stereocenters. The Bertz CT molecular complexity index is 643. The largest absolute Gasteiger partial charge is 0.341 e. The Morgan fingerprint density at radius 3 is 2.50 bits per heavy atom. The fourth-order valence-electron chi connectivity index (χ4n) is 1.79. The Hall–Kier alpha value is -1.59. The second-order valence-electron chi connectivity index (χ2n) is 4.69. The Morgan fingerprint density at radius 2 is 1.86 bits per heavy atom. The second kappa shape index (κ2) is 7.61. The Balaban J connectivity index is 1.93. The van der Waals surface area contributed by atoms with Crippen LogP contribution in [0.1, 0.15) is 5.56 Å². The van der Waals surface area contributed by atoms with Crippen molar-refractivity contribution in [2.75, 3.05) is 12.8 Å². The maximum Gasteiger partial charge on any atom is 0.232 e. The van der Waals surface area contributed by atoms with Crippen LogP contribution in [0.2, 0.25) is 5.02 Å². The third-order valence-electron chi connectivity index (χ3n) is 3.06. The molecular weight excluding hydrogens is 328 g/mol. The van der Waals surface area contributed by atoms with E-state index < -0.39 is 5.82 Å². The van der Waals surface area contributed by atoms with Crippen LogP contribution >= 0.6 is 23.4 Å². The molecule has 0 saturated heterocycles. The number of halogens is 3. The molecule has 0 spiro atoms. The molecular formula is C16H14ClF2NOS. The molecule has 22 heavy (non-hydrogen) atoms. The molecule has 0 fully saturated rings. The summed E-state index contributed by atoms with van der Waals surface area (Å²) < 4.78 is 26.5. The normalized spacial score (nSPS) is 10.5. The molecule has 0 aliphatic rings. The van der Waals surface area contributed by atoms with Gasteiger partial charge in [0.2, 0.25) is 5.91 Å². The van der Waals surface area contributed by atoms with Crippen molar-refractivity contribution in [3.63, 3.8) is 0 Å². The molecule has 0 aliphatic carbocycles. The van der Waals surface area contributed by atoms with Gasteiger partial charge in [0.1, 0.15) is 11.6 Å². The smallest absolute Gasteiger partial charge is 0.232 e. The zero-order chi connectivity index (χ0) is 16.1. The van der Waals surface area contributed by atoms with Gasteiger partial charge in [0.25, 0.3) is 0 Å².